The summed E-state index contributed by atoms with van der Waals surface area (Å²) in [4.78, 5) is 23.1. The van der Waals surface area contributed by atoms with Crippen LogP contribution in [0.15, 0.2) is 36.7 Å². The van der Waals surface area contributed by atoms with Crippen LogP contribution in [0.25, 0.3) is 0 Å². The molecule has 0 bridgehead atoms. The van der Waals surface area contributed by atoms with Crippen molar-refractivity contribution in [1.82, 2.24) is 9.78 Å². The zero-order valence-electron chi connectivity index (χ0n) is 10.9. The number of carbonyl (C=O) groups is 2. The van der Waals surface area contributed by atoms with E-state index in [0.717, 1.165) is 0 Å². The third-order valence-corrected chi connectivity index (χ3v) is 2.78. The molecule has 0 spiro atoms. The summed E-state index contributed by atoms with van der Waals surface area (Å²) in [6.07, 6.45) is 3.20. The largest absolute Gasteiger partial charge is 0.366 e. The number of aromatic nitrogens is 2. The number of carbonyl (C=O) groups excluding carboxylic acids is 2. The Bertz CT molecular complexity index is 650. The minimum absolute atomic E-state index is 0.317. The Labute approximate surface area is 115 Å². The fourth-order valence-corrected chi connectivity index (χ4v) is 1.72. The molecule has 2 rings (SSSR count). The lowest BCUT2D eigenvalue weighted by Crippen LogP contribution is -2.27. The molecule has 0 aliphatic rings. The van der Waals surface area contributed by atoms with Gasteiger partial charge in [0.25, 0.3) is 0 Å². The zero-order valence-corrected chi connectivity index (χ0v) is 10.9. The fraction of sp³-hybridized carbons (Fsp3) is 0.154. The molecular formula is C13H15N5O2. The molecule has 7 heteroatoms. The van der Waals surface area contributed by atoms with Gasteiger partial charge in [0, 0.05) is 30.1 Å². The minimum Gasteiger partial charge on any atom is -0.366 e. The van der Waals surface area contributed by atoms with E-state index in [-0.39, 0.29) is 5.91 Å². The van der Waals surface area contributed by atoms with Gasteiger partial charge in [0.1, 0.15) is 6.04 Å². The molecule has 5 N–H and O–H groups in total. The van der Waals surface area contributed by atoms with Crippen molar-refractivity contribution in [2.24, 2.45) is 18.5 Å². The van der Waals surface area contributed by atoms with E-state index in [1.807, 2.05) is 0 Å². The van der Waals surface area contributed by atoms with Gasteiger partial charge in [0.2, 0.25) is 11.8 Å². The van der Waals surface area contributed by atoms with E-state index in [0.29, 0.717) is 16.8 Å². The smallest absolute Gasteiger partial charge is 0.248 e. The molecule has 20 heavy (non-hydrogen) atoms. The third-order valence-electron chi connectivity index (χ3n) is 2.78. The molecule has 0 fully saturated rings. The highest BCUT2D eigenvalue weighted by atomic mass is 16.2. The first kappa shape index (κ1) is 13.8. The number of rotatable bonds is 4. The second-order valence-corrected chi connectivity index (χ2v) is 4.36. The van der Waals surface area contributed by atoms with Crippen molar-refractivity contribution in [3.05, 3.63) is 47.8 Å². The first-order chi connectivity index (χ1) is 9.47. The molecule has 1 unspecified atom stereocenters. The maximum absolute atomic E-state index is 12.0. The maximum atomic E-state index is 12.0. The third kappa shape index (κ3) is 3.01. The number of amides is 2. The Morgan fingerprint density at radius 1 is 1.40 bits per heavy atom. The predicted octanol–water partition coefficient (Wildman–Crippen LogP) is 0.157. The van der Waals surface area contributed by atoms with Gasteiger partial charge >= 0.3 is 0 Å². The molecule has 1 aromatic carbocycles. The number of hydrogen-bond donors (Lipinski definition) is 3. The summed E-state index contributed by atoms with van der Waals surface area (Å²) >= 11 is 0. The molecule has 104 valence electrons. The number of aryl methyl sites for hydroxylation is 1. The van der Waals surface area contributed by atoms with Crippen molar-refractivity contribution in [1.29, 1.82) is 0 Å². The van der Waals surface area contributed by atoms with E-state index in [9.17, 15) is 9.59 Å². The quantitative estimate of drug-likeness (QED) is 0.735. The molecule has 2 amide bonds. The van der Waals surface area contributed by atoms with Gasteiger partial charge in [0.15, 0.2) is 0 Å². The van der Waals surface area contributed by atoms with Gasteiger partial charge in [-0.05, 0) is 18.2 Å². The van der Waals surface area contributed by atoms with Crippen LogP contribution in [0, 0.1) is 0 Å². The lowest BCUT2D eigenvalue weighted by atomic mass is 10.1. The van der Waals surface area contributed by atoms with E-state index in [2.05, 4.69) is 10.4 Å². The summed E-state index contributed by atoms with van der Waals surface area (Å²) in [7, 11) is 1.74. The highest BCUT2D eigenvalue weighted by Gasteiger charge is 2.17. The van der Waals surface area contributed by atoms with Crippen molar-refractivity contribution >= 4 is 17.5 Å². The number of hydrogen-bond acceptors (Lipinski definition) is 4. The molecule has 7 nitrogen and oxygen atoms in total. The van der Waals surface area contributed by atoms with Crippen molar-refractivity contribution in [2.45, 2.75) is 6.04 Å². The van der Waals surface area contributed by atoms with Crippen LogP contribution in [-0.2, 0) is 11.8 Å². The molecule has 0 radical (unpaired) electrons. The monoisotopic (exact) mass is 273 g/mol. The Hall–Kier alpha value is -2.67. The maximum Gasteiger partial charge on any atom is 0.248 e. The average Bonchev–Trinajstić information content (AvgIpc) is 2.84. The standard InChI is InChI=1S/C13H15N5O2/c1-18-7-9(6-16-18)11(14)13(20)17-10-4-2-3-8(5-10)12(15)19/h2-7,11H,14H2,1H3,(H2,15,19)(H,17,20). The van der Waals surface area contributed by atoms with Crippen LogP contribution in [0.4, 0.5) is 5.69 Å². The summed E-state index contributed by atoms with van der Waals surface area (Å²) in [6, 6.07) is 5.52. The van der Waals surface area contributed by atoms with Crippen molar-refractivity contribution in [3.8, 4) is 0 Å². The molecule has 0 saturated carbocycles. The Morgan fingerprint density at radius 2 is 2.15 bits per heavy atom. The van der Waals surface area contributed by atoms with Crippen LogP contribution in [0.3, 0.4) is 0 Å². The van der Waals surface area contributed by atoms with Gasteiger partial charge in [-0.15, -0.1) is 0 Å². The van der Waals surface area contributed by atoms with Gasteiger partial charge in [-0.3, -0.25) is 14.3 Å². The number of anilines is 1. The number of nitrogens with zero attached hydrogens (tertiary/aromatic N) is 2. The summed E-state index contributed by atoms with van der Waals surface area (Å²) < 4.78 is 1.57. The average molecular weight is 273 g/mol. The van der Waals surface area contributed by atoms with E-state index in [4.69, 9.17) is 11.5 Å². The van der Waals surface area contributed by atoms with Crippen LogP contribution in [0.5, 0.6) is 0 Å². The van der Waals surface area contributed by atoms with E-state index < -0.39 is 11.9 Å². The van der Waals surface area contributed by atoms with E-state index in [1.165, 1.54) is 12.3 Å². The van der Waals surface area contributed by atoms with E-state index >= 15 is 0 Å². The number of nitrogens with one attached hydrogen (secondary N) is 1. The fourth-order valence-electron chi connectivity index (χ4n) is 1.72. The van der Waals surface area contributed by atoms with Crippen molar-refractivity contribution in [3.63, 3.8) is 0 Å². The van der Waals surface area contributed by atoms with Crippen LogP contribution >= 0.6 is 0 Å². The Morgan fingerprint density at radius 3 is 2.75 bits per heavy atom. The second-order valence-electron chi connectivity index (χ2n) is 4.36. The summed E-state index contributed by atoms with van der Waals surface area (Å²) in [5, 5.41) is 6.60. The van der Waals surface area contributed by atoms with Crippen LogP contribution < -0.4 is 16.8 Å². The van der Waals surface area contributed by atoms with Gasteiger partial charge in [0.05, 0.1) is 6.20 Å². The molecule has 1 heterocycles. The lowest BCUT2D eigenvalue weighted by Gasteiger charge is -2.11. The molecule has 0 saturated heterocycles. The molecule has 0 aliphatic carbocycles. The molecule has 2 aromatic rings. The van der Waals surface area contributed by atoms with Gasteiger partial charge in [-0.25, -0.2) is 0 Å². The number of primary amides is 1. The normalized spacial score (nSPS) is 11.9. The molecular weight excluding hydrogens is 258 g/mol. The molecule has 1 atom stereocenters. The van der Waals surface area contributed by atoms with Crippen LogP contribution in [-0.4, -0.2) is 21.6 Å². The predicted molar refractivity (Wildman–Crippen MR) is 73.7 cm³/mol. The lowest BCUT2D eigenvalue weighted by molar-refractivity contribution is -0.117. The zero-order chi connectivity index (χ0) is 14.7. The van der Waals surface area contributed by atoms with Crippen molar-refractivity contribution in [2.75, 3.05) is 5.32 Å². The second kappa shape index (κ2) is 5.54. The summed E-state index contributed by atoms with van der Waals surface area (Å²) in [6.45, 7) is 0. The summed E-state index contributed by atoms with van der Waals surface area (Å²) in [5.41, 5.74) is 12.4. The first-order valence-corrected chi connectivity index (χ1v) is 5.92. The minimum atomic E-state index is -0.832. The van der Waals surface area contributed by atoms with Crippen LogP contribution in [0.1, 0.15) is 22.0 Å². The SMILES string of the molecule is Cn1cc(C(N)C(=O)Nc2cccc(C(N)=O)c2)cn1. The highest BCUT2D eigenvalue weighted by Crippen LogP contribution is 2.14. The Kier molecular flexibility index (Phi) is 3.81. The topological polar surface area (TPSA) is 116 Å². The molecule has 1 aromatic heterocycles. The van der Waals surface area contributed by atoms with Crippen LogP contribution in [0.2, 0.25) is 0 Å². The number of benzene rings is 1. The first-order valence-electron chi connectivity index (χ1n) is 5.92. The Balaban J connectivity index is 2.11. The van der Waals surface area contributed by atoms with Gasteiger partial charge in [-0.2, -0.15) is 5.10 Å². The van der Waals surface area contributed by atoms with E-state index in [1.54, 1.807) is 36.1 Å². The van der Waals surface area contributed by atoms with Gasteiger partial charge < -0.3 is 16.8 Å². The van der Waals surface area contributed by atoms with Gasteiger partial charge in [-0.1, -0.05) is 6.07 Å². The number of nitrogens with two attached hydrogens (primary N) is 2. The molecule has 0 aliphatic heterocycles. The summed E-state index contributed by atoms with van der Waals surface area (Å²) in [5.74, 6) is -0.947. The van der Waals surface area contributed by atoms with Crippen molar-refractivity contribution < 1.29 is 9.59 Å². The highest BCUT2D eigenvalue weighted by molar-refractivity contribution is 5.98.